The molecule has 1 amide bonds. The van der Waals surface area contributed by atoms with Crippen molar-refractivity contribution in [1.29, 1.82) is 0 Å². The molecule has 0 saturated carbocycles. The predicted molar refractivity (Wildman–Crippen MR) is 104 cm³/mol. The van der Waals surface area contributed by atoms with Gasteiger partial charge in [-0.05, 0) is 17.7 Å². The minimum atomic E-state index is -3.41. The van der Waals surface area contributed by atoms with Gasteiger partial charge in [0.1, 0.15) is 6.61 Å². The van der Waals surface area contributed by atoms with Crippen LogP contribution in [-0.2, 0) is 20.6 Å². The smallest absolute Gasteiger partial charge is 0.267 e. The van der Waals surface area contributed by atoms with Gasteiger partial charge in [0.25, 0.3) is 5.91 Å². The number of ether oxygens (including phenoxy) is 2. The van der Waals surface area contributed by atoms with E-state index in [1.54, 1.807) is 29.2 Å². The van der Waals surface area contributed by atoms with E-state index in [0.29, 0.717) is 24.6 Å². The third-order valence-electron chi connectivity index (χ3n) is 4.92. The lowest BCUT2D eigenvalue weighted by atomic mass is 10.2. The largest absolute Gasteiger partial charge is 0.485 e. The third kappa shape index (κ3) is 3.98. The van der Waals surface area contributed by atoms with E-state index >= 15 is 0 Å². The molecule has 28 heavy (non-hydrogen) atoms. The van der Waals surface area contributed by atoms with E-state index in [1.807, 2.05) is 30.3 Å². The number of benzene rings is 2. The van der Waals surface area contributed by atoms with Crippen molar-refractivity contribution in [3.05, 3.63) is 60.2 Å². The van der Waals surface area contributed by atoms with Crippen LogP contribution in [0.2, 0.25) is 0 Å². The van der Waals surface area contributed by atoms with Crippen LogP contribution in [0.15, 0.2) is 54.6 Å². The van der Waals surface area contributed by atoms with Crippen molar-refractivity contribution in [3.8, 4) is 11.5 Å². The Bertz CT molecular complexity index is 940. The maximum atomic E-state index is 12.8. The lowest BCUT2D eigenvalue weighted by molar-refractivity contribution is -0.142. The fourth-order valence-electron chi connectivity index (χ4n) is 3.41. The number of sulfonamides is 1. The second-order valence-electron chi connectivity index (χ2n) is 6.83. The quantitative estimate of drug-likeness (QED) is 0.775. The maximum absolute atomic E-state index is 12.8. The number of hydrogen-bond donors (Lipinski definition) is 0. The average molecular weight is 402 g/mol. The standard InChI is InChI=1S/C20H22N2O5S/c23-20(19-14-26-17-8-4-5-9-18(17)27-19)21-10-12-22(13-11-21)28(24,25)15-16-6-2-1-3-7-16/h1-9,19H,10-15H2/t19-/m0/s1. The summed E-state index contributed by atoms with van der Waals surface area (Å²) in [6.45, 7) is 1.40. The first-order valence-corrected chi connectivity index (χ1v) is 10.8. The predicted octanol–water partition coefficient (Wildman–Crippen LogP) is 1.50. The zero-order chi connectivity index (χ0) is 19.6. The van der Waals surface area contributed by atoms with E-state index in [9.17, 15) is 13.2 Å². The summed E-state index contributed by atoms with van der Waals surface area (Å²) in [5.41, 5.74) is 0.757. The van der Waals surface area contributed by atoms with Gasteiger partial charge in [0, 0.05) is 26.2 Å². The Kier molecular flexibility index (Phi) is 5.23. The molecular formula is C20H22N2O5S. The highest BCUT2D eigenvalue weighted by atomic mass is 32.2. The molecule has 4 rings (SSSR count). The van der Waals surface area contributed by atoms with Crippen molar-refractivity contribution < 1.29 is 22.7 Å². The van der Waals surface area contributed by atoms with E-state index in [1.165, 1.54) is 4.31 Å². The Morgan fingerprint density at radius 2 is 1.57 bits per heavy atom. The summed E-state index contributed by atoms with van der Waals surface area (Å²) in [7, 11) is -3.41. The highest BCUT2D eigenvalue weighted by Crippen LogP contribution is 2.31. The molecule has 2 heterocycles. The van der Waals surface area contributed by atoms with E-state index in [2.05, 4.69) is 0 Å². The highest BCUT2D eigenvalue weighted by molar-refractivity contribution is 7.88. The molecule has 0 bridgehead atoms. The molecular weight excluding hydrogens is 380 g/mol. The van der Waals surface area contributed by atoms with Crippen molar-refractivity contribution in [2.75, 3.05) is 32.8 Å². The molecule has 1 fully saturated rings. The summed E-state index contributed by atoms with van der Waals surface area (Å²) in [6, 6.07) is 16.3. The summed E-state index contributed by atoms with van der Waals surface area (Å²) in [5.74, 6) is 0.979. The van der Waals surface area contributed by atoms with Crippen LogP contribution in [0.4, 0.5) is 0 Å². The Balaban J connectivity index is 1.34. The van der Waals surface area contributed by atoms with E-state index in [4.69, 9.17) is 9.47 Å². The van der Waals surface area contributed by atoms with Gasteiger partial charge < -0.3 is 14.4 Å². The SMILES string of the molecule is O=C([C@@H]1COc2ccccc2O1)N1CCN(S(=O)(=O)Cc2ccccc2)CC1. The Morgan fingerprint density at radius 3 is 2.29 bits per heavy atom. The number of carbonyl (C=O) groups excluding carboxylic acids is 1. The molecule has 2 aromatic carbocycles. The summed E-state index contributed by atoms with van der Waals surface area (Å²) >= 11 is 0. The fourth-order valence-corrected chi connectivity index (χ4v) is 4.92. The van der Waals surface area contributed by atoms with Crippen LogP contribution in [0, 0.1) is 0 Å². The topological polar surface area (TPSA) is 76.2 Å². The molecule has 0 spiro atoms. The van der Waals surface area contributed by atoms with Crippen molar-refractivity contribution in [2.45, 2.75) is 11.9 Å². The van der Waals surface area contributed by atoms with E-state index < -0.39 is 16.1 Å². The van der Waals surface area contributed by atoms with Crippen molar-refractivity contribution in [3.63, 3.8) is 0 Å². The average Bonchev–Trinajstić information content (AvgIpc) is 2.73. The van der Waals surface area contributed by atoms with Gasteiger partial charge in [0.15, 0.2) is 11.5 Å². The van der Waals surface area contributed by atoms with Gasteiger partial charge in [-0.1, -0.05) is 42.5 Å². The second kappa shape index (κ2) is 7.81. The number of hydrogen-bond acceptors (Lipinski definition) is 5. The van der Waals surface area contributed by atoms with Crippen LogP contribution in [0.1, 0.15) is 5.56 Å². The summed E-state index contributed by atoms with van der Waals surface area (Å²) in [4.78, 5) is 14.4. The first kappa shape index (κ1) is 18.8. The van der Waals surface area contributed by atoms with Crippen LogP contribution in [0.3, 0.4) is 0 Å². The molecule has 1 saturated heterocycles. The van der Waals surface area contributed by atoms with Gasteiger partial charge in [0.2, 0.25) is 16.1 Å². The van der Waals surface area contributed by atoms with Crippen LogP contribution in [0.25, 0.3) is 0 Å². The Labute approximate surface area is 164 Å². The van der Waals surface area contributed by atoms with Gasteiger partial charge in [-0.25, -0.2) is 8.42 Å². The lowest BCUT2D eigenvalue weighted by Gasteiger charge is -2.36. The summed E-state index contributed by atoms with van der Waals surface area (Å²) in [6.07, 6.45) is -0.706. The monoisotopic (exact) mass is 402 g/mol. The zero-order valence-electron chi connectivity index (χ0n) is 15.4. The van der Waals surface area contributed by atoms with Crippen LogP contribution >= 0.6 is 0 Å². The van der Waals surface area contributed by atoms with Crippen LogP contribution in [-0.4, -0.2) is 62.4 Å². The van der Waals surface area contributed by atoms with Crippen LogP contribution in [0.5, 0.6) is 11.5 Å². The number of fused-ring (bicyclic) bond motifs is 1. The van der Waals surface area contributed by atoms with Gasteiger partial charge in [-0.2, -0.15) is 4.31 Å². The number of nitrogens with zero attached hydrogens (tertiary/aromatic N) is 2. The third-order valence-corrected chi connectivity index (χ3v) is 6.77. The fraction of sp³-hybridized carbons (Fsp3) is 0.350. The Morgan fingerprint density at radius 1 is 0.929 bits per heavy atom. The molecule has 0 unspecified atom stereocenters. The second-order valence-corrected chi connectivity index (χ2v) is 8.80. The van der Waals surface area contributed by atoms with Crippen LogP contribution < -0.4 is 9.47 Å². The van der Waals surface area contributed by atoms with Gasteiger partial charge >= 0.3 is 0 Å². The molecule has 8 heteroatoms. The first-order chi connectivity index (χ1) is 13.5. The normalized spacial score (nSPS) is 20.0. The number of carbonyl (C=O) groups is 1. The number of amides is 1. The number of para-hydroxylation sites is 2. The van der Waals surface area contributed by atoms with Crippen molar-refractivity contribution >= 4 is 15.9 Å². The summed E-state index contributed by atoms with van der Waals surface area (Å²) in [5, 5.41) is 0. The number of rotatable bonds is 4. The van der Waals surface area contributed by atoms with E-state index in [-0.39, 0.29) is 31.4 Å². The molecule has 148 valence electrons. The minimum absolute atomic E-state index is 0.0296. The molecule has 0 radical (unpaired) electrons. The lowest BCUT2D eigenvalue weighted by Crippen LogP contribution is -2.55. The van der Waals surface area contributed by atoms with Gasteiger partial charge in [0.05, 0.1) is 5.75 Å². The molecule has 2 aliphatic heterocycles. The summed E-state index contributed by atoms with van der Waals surface area (Å²) < 4.78 is 38.1. The Hall–Kier alpha value is -2.58. The molecule has 2 aromatic rings. The minimum Gasteiger partial charge on any atom is -0.485 e. The number of piperazine rings is 1. The first-order valence-electron chi connectivity index (χ1n) is 9.22. The highest BCUT2D eigenvalue weighted by Gasteiger charge is 2.34. The van der Waals surface area contributed by atoms with Gasteiger partial charge in [-0.3, -0.25) is 4.79 Å². The van der Waals surface area contributed by atoms with E-state index in [0.717, 1.165) is 5.56 Å². The maximum Gasteiger partial charge on any atom is 0.267 e. The molecule has 0 aromatic heterocycles. The van der Waals surface area contributed by atoms with Crippen molar-refractivity contribution in [1.82, 2.24) is 9.21 Å². The molecule has 0 N–H and O–H groups in total. The molecule has 2 aliphatic rings. The molecule has 7 nitrogen and oxygen atoms in total. The molecule has 1 atom stereocenters. The molecule has 0 aliphatic carbocycles. The van der Waals surface area contributed by atoms with Gasteiger partial charge in [-0.15, -0.1) is 0 Å². The zero-order valence-corrected chi connectivity index (χ0v) is 16.2. The van der Waals surface area contributed by atoms with Crippen molar-refractivity contribution in [2.24, 2.45) is 0 Å².